The third kappa shape index (κ3) is 4.79. The molecular formula is C16H20FN3O. The molecular weight excluding hydrogens is 269 g/mol. The molecule has 0 aliphatic heterocycles. The van der Waals surface area contributed by atoms with Crippen LogP contribution in [0.25, 0.3) is 0 Å². The molecule has 21 heavy (non-hydrogen) atoms. The highest BCUT2D eigenvalue weighted by molar-refractivity contribution is 5.35. The van der Waals surface area contributed by atoms with Gasteiger partial charge in [-0.1, -0.05) is 19.9 Å². The van der Waals surface area contributed by atoms with Crippen molar-refractivity contribution in [2.24, 2.45) is 5.92 Å². The van der Waals surface area contributed by atoms with E-state index >= 15 is 0 Å². The van der Waals surface area contributed by atoms with Crippen LogP contribution in [0.1, 0.15) is 25.1 Å². The average molecular weight is 289 g/mol. The number of nitrogens with one attached hydrogen (secondary N) is 1. The summed E-state index contributed by atoms with van der Waals surface area (Å²) in [5.41, 5.74) is 1.69. The van der Waals surface area contributed by atoms with Crippen molar-refractivity contribution < 1.29 is 9.13 Å². The first-order valence-corrected chi connectivity index (χ1v) is 7.02. The predicted molar refractivity (Wildman–Crippen MR) is 79.8 cm³/mol. The second-order valence-corrected chi connectivity index (χ2v) is 5.40. The summed E-state index contributed by atoms with van der Waals surface area (Å²) in [4.78, 5) is 0. The summed E-state index contributed by atoms with van der Waals surface area (Å²) in [5, 5.41) is 11.4. The quantitative estimate of drug-likeness (QED) is 0.884. The fourth-order valence-corrected chi connectivity index (χ4v) is 1.78. The summed E-state index contributed by atoms with van der Waals surface area (Å²) in [5.74, 6) is 1.07. The molecule has 1 N–H and O–H groups in total. The van der Waals surface area contributed by atoms with Gasteiger partial charge in [0.05, 0.1) is 5.69 Å². The minimum absolute atomic E-state index is 0.335. The molecule has 1 aromatic carbocycles. The van der Waals surface area contributed by atoms with Gasteiger partial charge in [-0.25, -0.2) is 4.39 Å². The highest BCUT2D eigenvalue weighted by atomic mass is 19.1. The largest absolute Gasteiger partial charge is 0.437 e. The van der Waals surface area contributed by atoms with Gasteiger partial charge >= 0.3 is 0 Å². The molecule has 0 radical (unpaired) electrons. The lowest BCUT2D eigenvalue weighted by atomic mass is 10.2. The number of hydrogen-bond acceptors (Lipinski definition) is 4. The Morgan fingerprint density at radius 1 is 1.19 bits per heavy atom. The number of nitrogens with zero attached hydrogens (tertiary/aromatic N) is 2. The molecule has 0 unspecified atom stereocenters. The van der Waals surface area contributed by atoms with Gasteiger partial charge in [0, 0.05) is 18.7 Å². The molecule has 5 heteroatoms. The van der Waals surface area contributed by atoms with Gasteiger partial charge < -0.3 is 10.1 Å². The molecule has 0 aliphatic rings. The molecule has 0 bridgehead atoms. The molecule has 0 aliphatic carbocycles. The lowest BCUT2D eigenvalue weighted by Crippen LogP contribution is -2.19. The zero-order chi connectivity index (χ0) is 15.2. The Bertz CT molecular complexity index is 585. The van der Waals surface area contributed by atoms with Crippen LogP contribution in [-0.2, 0) is 6.54 Å². The lowest BCUT2D eigenvalue weighted by Gasteiger charge is -2.09. The van der Waals surface area contributed by atoms with Crippen molar-refractivity contribution in [3.63, 3.8) is 0 Å². The van der Waals surface area contributed by atoms with Gasteiger partial charge in [-0.05, 0) is 37.1 Å². The normalized spacial score (nSPS) is 10.9. The monoisotopic (exact) mass is 289 g/mol. The minimum Gasteiger partial charge on any atom is -0.437 e. The molecule has 4 nitrogen and oxygen atoms in total. The fourth-order valence-electron chi connectivity index (χ4n) is 1.78. The Labute approximate surface area is 124 Å². The van der Waals surface area contributed by atoms with Crippen LogP contribution < -0.4 is 10.1 Å². The van der Waals surface area contributed by atoms with E-state index in [1.807, 2.05) is 13.0 Å². The van der Waals surface area contributed by atoms with E-state index in [0.717, 1.165) is 17.8 Å². The van der Waals surface area contributed by atoms with Crippen LogP contribution in [0.4, 0.5) is 4.39 Å². The van der Waals surface area contributed by atoms with Crippen LogP contribution in [0.3, 0.4) is 0 Å². The van der Waals surface area contributed by atoms with Gasteiger partial charge in [0.15, 0.2) is 0 Å². The third-order valence-electron chi connectivity index (χ3n) is 2.92. The van der Waals surface area contributed by atoms with Crippen molar-refractivity contribution in [3.8, 4) is 11.6 Å². The Hall–Kier alpha value is -2.01. The molecule has 0 fully saturated rings. The van der Waals surface area contributed by atoms with Crippen LogP contribution in [0, 0.1) is 18.7 Å². The first-order chi connectivity index (χ1) is 10.0. The molecule has 0 saturated carbocycles. The van der Waals surface area contributed by atoms with Gasteiger partial charge in [-0.3, -0.25) is 0 Å². The predicted octanol–water partition coefficient (Wildman–Crippen LogP) is 3.46. The van der Waals surface area contributed by atoms with E-state index in [2.05, 4.69) is 29.4 Å². The van der Waals surface area contributed by atoms with E-state index in [4.69, 9.17) is 4.74 Å². The Morgan fingerprint density at radius 3 is 2.67 bits per heavy atom. The standard InChI is InChI=1S/C16H20FN3O/c1-11(2)9-18-10-14-6-7-16(20-19-14)21-15-8-13(17)5-4-12(15)3/h4-8,11,18H,9-10H2,1-3H3. The van der Waals surface area contributed by atoms with Crippen LogP contribution in [0.5, 0.6) is 11.6 Å². The first kappa shape index (κ1) is 15.4. The summed E-state index contributed by atoms with van der Waals surface area (Å²) in [7, 11) is 0. The van der Waals surface area contributed by atoms with Gasteiger partial charge in [0.1, 0.15) is 11.6 Å². The lowest BCUT2D eigenvalue weighted by molar-refractivity contribution is 0.445. The summed E-state index contributed by atoms with van der Waals surface area (Å²) >= 11 is 0. The number of halogens is 1. The average Bonchev–Trinajstić information content (AvgIpc) is 2.44. The Balaban J connectivity index is 1.97. The summed E-state index contributed by atoms with van der Waals surface area (Å²) in [6, 6.07) is 8.00. The van der Waals surface area contributed by atoms with Crippen molar-refractivity contribution in [2.45, 2.75) is 27.3 Å². The van der Waals surface area contributed by atoms with Crippen molar-refractivity contribution in [3.05, 3.63) is 47.4 Å². The molecule has 2 rings (SSSR count). The minimum atomic E-state index is -0.335. The molecule has 1 heterocycles. The van der Waals surface area contributed by atoms with Gasteiger partial charge in [-0.2, -0.15) is 5.10 Å². The zero-order valence-electron chi connectivity index (χ0n) is 12.6. The maximum Gasteiger partial charge on any atom is 0.238 e. The Morgan fingerprint density at radius 2 is 2.00 bits per heavy atom. The fraction of sp³-hybridized carbons (Fsp3) is 0.375. The summed E-state index contributed by atoms with van der Waals surface area (Å²) in [6.45, 7) is 7.76. The molecule has 0 atom stereocenters. The maximum atomic E-state index is 13.2. The molecule has 0 spiro atoms. The van der Waals surface area contributed by atoms with Gasteiger partial charge in [0.2, 0.25) is 5.88 Å². The second kappa shape index (κ2) is 7.13. The maximum absolute atomic E-state index is 13.2. The molecule has 112 valence electrons. The van der Waals surface area contributed by atoms with E-state index in [0.29, 0.717) is 24.1 Å². The van der Waals surface area contributed by atoms with Gasteiger partial charge in [0.25, 0.3) is 0 Å². The van der Waals surface area contributed by atoms with E-state index in [-0.39, 0.29) is 5.82 Å². The number of benzene rings is 1. The van der Waals surface area contributed by atoms with Crippen molar-refractivity contribution in [2.75, 3.05) is 6.54 Å². The number of ether oxygens (including phenoxy) is 1. The van der Waals surface area contributed by atoms with E-state index < -0.39 is 0 Å². The van der Waals surface area contributed by atoms with Crippen molar-refractivity contribution in [1.29, 1.82) is 0 Å². The van der Waals surface area contributed by atoms with Crippen molar-refractivity contribution >= 4 is 0 Å². The van der Waals surface area contributed by atoms with Crippen molar-refractivity contribution in [1.82, 2.24) is 15.5 Å². The third-order valence-corrected chi connectivity index (χ3v) is 2.92. The highest BCUT2D eigenvalue weighted by Crippen LogP contribution is 2.23. The molecule has 2 aromatic rings. The SMILES string of the molecule is Cc1ccc(F)cc1Oc1ccc(CNCC(C)C)nn1. The topological polar surface area (TPSA) is 47.0 Å². The smallest absolute Gasteiger partial charge is 0.238 e. The Kier molecular flexibility index (Phi) is 5.22. The van der Waals surface area contributed by atoms with Gasteiger partial charge in [-0.15, -0.1) is 5.10 Å². The van der Waals surface area contributed by atoms with E-state index in [1.54, 1.807) is 12.1 Å². The number of rotatable bonds is 6. The van der Waals surface area contributed by atoms with Crippen LogP contribution in [0.15, 0.2) is 30.3 Å². The molecule has 1 aromatic heterocycles. The number of hydrogen-bond donors (Lipinski definition) is 1. The second-order valence-electron chi connectivity index (χ2n) is 5.40. The molecule has 0 amide bonds. The summed E-state index contributed by atoms with van der Waals surface area (Å²) < 4.78 is 18.7. The highest BCUT2D eigenvalue weighted by Gasteiger charge is 2.05. The molecule has 0 saturated heterocycles. The number of aromatic nitrogens is 2. The summed E-state index contributed by atoms with van der Waals surface area (Å²) in [6.07, 6.45) is 0. The number of aryl methyl sites for hydroxylation is 1. The van der Waals surface area contributed by atoms with E-state index in [1.165, 1.54) is 12.1 Å². The van der Waals surface area contributed by atoms with Crippen LogP contribution in [-0.4, -0.2) is 16.7 Å². The van der Waals surface area contributed by atoms with Crippen LogP contribution >= 0.6 is 0 Å². The van der Waals surface area contributed by atoms with E-state index in [9.17, 15) is 4.39 Å². The van der Waals surface area contributed by atoms with Crippen LogP contribution in [0.2, 0.25) is 0 Å². The zero-order valence-corrected chi connectivity index (χ0v) is 12.6. The first-order valence-electron chi connectivity index (χ1n) is 7.02.